The first-order chi connectivity index (χ1) is 6.24. The summed E-state index contributed by atoms with van der Waals surface area (Å²) in [4.78, 5) is 14.0. The van der Waals surface area contributed by atoms with Gasteiger partial charge in [-0.25, -0.2) is 4.98 Å². The first-order valence-electron chi connectivity index (χ1n) is 3.50. The molecule has 0 aliphatic carbocycles. The van der Waals surface area contributed by atoms with Gasteiger partial charge >= 0.3 is 0 Å². The average molecular weight is 196 g/mol. The van der Waals surface area contributed by atoms with Gasteiger partial charge in [-0.1, -0.05) is 5.92 Å². The van der Waals surface area contributed by atoms with Gasteiger partial charge in [0.25, 0.3) is 0 Å². The maximum absolute atomic E-state index is 10.3. The molecule has 0 saturated carbocycles. The van der Waals surface area contributed by atoms with Crippen LogP contribution in [0, 0.1) is 11.8 Å². The topological polar surface area (TPSA) is 73.2 Å². The van der Waals surface area contributed by atoms with Gasteiger partial charge in [0.05, 0.1) is 6.61 Å². The summed E-state index contributed by atoms with van der Waals surface area (Å²) in [6.07, 6.45) is 0.359. The van der Waals surface area contributed by atoms with E-state index in [2.05, 4.69) is 16.8 Å². The third kappa shape index (κ3) is 2.86. The average Bonchev–Trinajstić information content (AvgIpc) is 2.53. The fourth-order valence-electron chi connectivity index (χ4n) is 0.634. The number of carboxylic acid groups (broad SMARTS) is 1. The Labute approximate surface area is 78.9 Å². The van der Waals surface area contributed by atoms with Crippen molar-refractivity contribution < 1.29 is 15.0 Å². The highest BCUT2D eigenvalue weighted by atomic mass is 32.1. The second-order valence-electron chi connectivity index (χ2n) is 2.10. The lowest BCUT2D eigenvalue weighted by molar-refractivity contribution is -0.255. The second kappa shape index (κ2) is 4.60. The van der Waals surface area contributed by atoms with E-state index < -0.39 is 5.97 Å². The molecule has 5 heteroatoms. The smallest absolute Gasteiger partial charge is 0.140 e. The van der Waals surface area contributed by atoms with Crippen molar-refractivity contribution in [1.82, 2.24) is 4.98 Å². The molecule has 1 heterocycles. The molecule has 0 radical (unpaired) electrons. The number of hydrogen-bond acceptors (Lipinski definition) is 5. The minimum Gasteiger partial charge on any atom is -0.542 e. The molecule has 0 amide bonds. The van der Waals surface area contributed by atoms with Gasteiger partial charge in [0.2, 0.25) is 0 Å². The summed E-state index contributed by atoms with van der Waals surface area (Å²) in [6, 6.07) is 0. The van der Waals surface area contributed by atoms with E-state index in [9.17, 15) is 9.90 Å². The SMILES string of the molecule is O=C([O-])c1nc(C#CCCO)cs1. The fraction of sp³-hybridized carbons (Fsp3) is 0.250. The Morgan fingerprint density at radius 3 is 3.08 bits per heavy atom. The largest absolute Gasteiger partial charge is 0.542 e. The monoisotopic (exact) mass is 196 g/mol. The highest BCUT2D eigenvalue weighted by Crippen LogP contribution is 2.07. The summed E-state index contributed by atoms with van der Waals surface area (Å²) in [5.41, 5.74) is 0.401. The molecule has 0 spiro atoms. The van der Waals surface area contributed by atoms with Crippen molar-refractivity contribution in [3.05, 3.63) is 16.1 Å². The number of aromatic nitrogens is 1. The Balaban J connectivity index is 2.71. The summed E-state index contributed by atoms with van der Waals surface area (Å²) in [7, 11) is 0. The van der Waals surface area contributed by atoms with E-state index in [1.807, 2.05) is 0 Å². The van der Waals surface area contributed by atoms with E-state index in [1.54, 1.807) is 0 Å². The van der Waals surface area contributed by atoms with Crippen molar-refractivity contribution in [3.63, 3.8) is 0 Å². The van der Waals surface area contributed by atoms with E-state index in [0.717, 1.165) is 11.3 Å². The van der Waals surface area contributed by atoms with Crippen LogP contribution >= 0.6 is 11.3 Å². The number of hydrogen-bond donors (Lipinski definition) is 1. The fourth-order valence-corrected chi connectivity index (χ4v) is 1.22. The standard InChI is InChI=1S/C8H7NO3S/c10-4-2-1-3-6-5-13-7(9-6)8(11)12/h5,10H,2,4H2,(H,11,12)/p-1. The van der Waals surface area contributed by atoms with Gasteiger partial charge < -0.3 is 15.0 Å². The first-order valence-corrected chi connectivity index (χ1v) is 4.38. The van der Waals surface area contributed by atoms with Gasteiger partial charge in [0.15, 0.2) is 0 Å². The Morgan fingerprint density at radius 1 is 1.77 bits per heavy atom. The second-order valence-corrected chi connectivity index (χ2v) is 2.96. The van der Waals surface area contributed by atoms with Crippen molar-refractivity contribution in [2.75, 3.05) is 6.61 Å². The number of thiazole rings is 1. The molecule has 1 aromatic heterocycles. The molecule has 0 unspecified atom stereocenters. The van der Waals surface area contributed by atoms with Crippen LogP contribution in [0.4, 0.5) is 0 Å². The molecule has 0 aromatic carbocycles. The minimum atomic E-state index is -1.29. The summed E-state index contributed by atoms with van der Waals surface area (Å²) in [5.74, 6) is 3.96. The molecule has 1 aromatic rings. The van der Waals surface area contributed by atoms with Crippen LogP contribution in [0.1, 0.15) is 21.9 Å². The zero-order chi connectivity index (χ0) is 9.68. The Bertz CT molecular complexity index is 361. The molecule has 0 bridgehead atoms. The zero-order valence-corrected chi connectivity index (χ0v) is 7.43. The molecule has 0 aliphatic heterocycles. The number of aromatic carboxylic acids is 1. The number of carbonyl (C=O) groups is 1. The van der Waals surface area contributed by atoms with E-state index in [1.165, 1.54) is 5.38 Å². The van der Waals surface area contributed by atoms with Crippen LogP contribution in [0.3, 0.4) is 0 Å². The van der Waals surface area contributed by atoms with Gasteiger partial charge in [-0.2, -0.15) is 0 Å². The summed E-state index contributed by atoms with van der Waals surface area (Å²) >= 11 is 0.978. The first kappa shape index (κ1) is 9.71. The Kier molecular flexibility index (Phi) is 3.43. The van der Waals surface area contributed by atoms with Gasteiger partial charge in [-0.15, -0.1) is 11.3 Å². The van der Waals surface area contributed by atoms with E-state index in [-0.39, 0.29) is 11.6 Å². The van der Waals surface area contributed by atoms with Crippen LogP contribution in [0.25, 0.3) is 0 Å². The van der Waals surface area contributed by atoms with Crippen molar-refractivity contribution in [1.29, 1.82) is 0 Å². The molecule has 13 heavy (non-hydrogen) atoms. The molecule has 1 N–H and O–H groups in total. The van der Waals surface area contributed by atoms with Crippen molar-refractivity contribution in [3.8, 4) is 11.8 Å². The number of carbonyl (C=O) groups excluding carboxylic acids is 1. The maximum Gasteiger partial charge on any atom is 0.140 e. The Morgan fingerprint density at radius 2 is 2.54 bits per heavy atom. The minimum absolute atomic E-state index is 0.00944. The molecule has 0 saturated heterocycles. The van der Waals surface area contributed by atoms with Crippen molar-refractivity contribution >= 4 is 17.3 Å². The highest BCUT2D eigenvalue weighted by Gasteiger charge is 1.98. The van der Waals surface area contributed by atoms with E-state index in [4.69, 9.17) is 5.11 Å². The van der Waals surface area contributed by atoms with Crippen LogP contribution < -0.4 is 5.11 Å². The van der Waals surface area contributed by atoms with Crippen LogP contribution in [0.15, 0.2) is 5.38 Å². The van der Waals surface area contributed by atoms with Crippen LogP contribution in [0.5, 0.6) is 0 Å². The van der Waals surface area contributed by atoms with Gasteiger partial charge in [-0.05, 0) is 5.92 Å². The van der Waals surface area contributed by atoms with E-state index >= 15 is 0 Å². The molecule has 0 fully saturated rings. The van der Waals surface area contributed by atoms with Crippen LogP contribution in [-0.2, 0) is 0 Å². The van der Waals surface area contributed by atoms with Gasteiger partial charge in [-0.3, -0.25) is 0 Å². The number of aliphatic hydroxyl groups excluding tert-OH is 1. The molecule has 0 aliphatic rings. The third-order valence-electron chi connectivity index (χ3n) is 1.13. The summed E-state index contributed by atoms with van der Waals surface area (Å²) in [6.45, 7) is -0.00944. The summed E-state index contributed by atoms with van der Waals surface area (Å²) in [5, 5.41) is 20.2. The van der Waals surface area contributed by atoms with E-state index in [0.29, 0.717) is 12.1 Å². The van der Waals surface area contributed by atoms with Crippen LogP contribution in [-0.4, -0.2) is 22.7 Å². The molecule has 4 nitrogen and oxygen atoms in total. The maximum atomic E-state index is 10.3. The number of rotatable bonds is 2. The third-order valence-corrected chi connectivity index (χ3v) is 1.95. The lowest BCUT2D eigenvalue weighted by atomic mass is 10.4. The highest BCUT2D eigenvalue weighted by molar-refractivity contribution is 7.11. The zero-order valence-electron chi connectivity index (χ0n) is 6.61. The number of aliphatic hydroxyl groups is 1. The lowest BCUT2D eigenvalue weighted by Crippen LogP contribution is -2.21. The molecule has 1 rings (SSSR count). The summed E-state index contributed by atoms with van der Waals surface area (Å²) < 4.78 is 0. The normalized spacial score (nSPS) is 9.00. The Hall–Kier alpha value is -1.38. The van der Waals surface area contributed by atoms with Crippen molar-refractivity contribution in [2.24, 2.45) is 0 Å². The molecule has 0 atom stereocenters. The lowest BCUT2D eigenvalue weighted by Gasteiger charge is -1.90. The predicted molar refractivity (Wildman–Crippen MR) is 45.0 cm³/mol. The number of carboxylic acids is 1. The molecular weight excluding hydrogens is 190 g/mol. The van der Waals surface area contributed by atoms with Crippen molar-refractivity contribution in [2.45, 2.75) is 6.42 Å². The quantitative estimate of drug-likeness (QED) is 0.631. The molecule has 68 valence electrons. The molecular formula is C8H6NO3S-. The predicted octanol–water partition coefficient (Wildman–Crippen LogP) is -0.759. The van der Waals surface area contributed by atoms with Gasteiger partial charge in [0, 0.05) is 11.8 Å². The van der Waals surface area contributed by atoms with Crippen LogP contribution in [0.2, 0.25) is 0 Å². The number of nitrogens with zero attached hydrogens (tertiary/aromatic N) is 1. The van der Waals surface area contributed by atoms with Gasteiger partial charge in [0.1, 0.15) is 16.7 Å².